The topological polar surface area (TPSA) is 92.4 Å². The molecule has 0 aromatic carbocycles. The van der Waals surface area contributed by atoms with Crippen molar-refractivity contribution in [2.24, 2.45) is 11.1 Å². The minimum atomic E-state index is -0.845. The molecule has 2 fully saturated rings. The molecule has 5 heteroatoms. The van der Waals surface area contributed by atoms with E-state index in [4.69, 9.17) is 5.73 Å². The molecule has 1 amide bonds. The predicted octanol–water partition coefficient (Wildman–Crippen LogP) is 2.19. The molecule has 0 bridgehead atoms. The van der Waals surface area contributed by atoms with Crippen LogP contribution in [0.5, 0.6) is 0 Å². The maximum atomic E-state index is 12.3. The molecule has 2 atom stereocenters. The Bertz CT molecular complexity index is 404. The molecule has 4 N–H and O–H groups in total. The van der Waals surface area contributed by atoms with Gasteiger partial charge in [0, 0.05) is 18.0 Å². The van der Waals surface area contributed by atoms with Crippen molar-refractivity contribution in [3.63, 3.8) is 0 Å². The summed E-state index contributed by atoms with van der Waals surface area (Å²) < 4.78 is 0. The predicted molar refractivity (Wildman–Crippen MR) is 80.8 cm³/mol. The average molecular weight is 296 g/mol. The molecule has 2 unspecified atom stereocenters. The Morgan fingerprint density at radius 3 is 2.38 bits per heavy atom. The number of rotatable bonds is 4. The van der Waals surface area contributed by atoms with E-state index in [-0.39, 0.29) is 11.9 Å². The quantitative estimate of drug-likeness (QED) is 0.741. The highest BCUT2D eigenvalue weighted by molar-refractivity contribution is 5.80. The Kier molecular flexibility index (Phi) is 4.91. The van der Waals surface area contributed by atoms with Crippen molar-refractivity contribution >= 4 is 11.9 Å². The minimum absolute atomic E-state index is 0.0845. The van der Waals surface area contributed by atoms with E-state index >= 15 is 0 Å². The molecule has 0 radical (unpaired) electrons. The van der Waals surface area contributed by atoms with Gasteiger partial charge in [-0.2, -0.15) is 0 Å². The number of carbonyl (C=O) groups is 2. The molecule has 0 spiro atoms. The highest BCUT2D eigenvalue weighted by Crippen LogP contribution is 2.37. The molecule has 0 aromatic rings. The first-order chi connectivity index (χ1) is 9.86. The minimum Gasteiger partial charge on any atom is -0.481 e. The van der Waals surface area contributed by atoms with Crippen LogP contribution in [0.4, 0.5) is 0 Å². The van der Waals surface area contributed by atoms with Crippen molar-refractivity contribution < 1.29 is 14.7 Å². The number of nitrogens with one attached hydrogen (secondary N) is 1. The highest BCUT2D eigenvalue weighted by atomic mass is 16.4. The van der Waals surface area contributed by atoms with Crippen molar-refractivity contribution in [3.8, 4) is 0 Å². The fourth-order valence-corrected chi connectivity index (χ4v) is 3.82. The molecule has 5 nitrogen and oxygen atoms in total. The normalized spacial score (nSPS) is 32.4. The lowest BCUT2D eigenvalue weighted by atomic mass is 9.71. The van der Waals surface area contributed by atoms with Crippen molar-refractivity contribution in [2.75, 3.05) is 0 Å². The van der Waals surface area contributed by atoms with Crippen LogP contribution in [0.3, 0.4) is 0 Å². The third-order valence-electron chi connectivity index (χ3n) is 5.39. The third-order valence-corrected chi connectivity index (χ3v) is 5.39. The lowest BCUT2D eigenvalue weighted by molar-refractivity contribution is -0.152. The zero-order chi connectivity index (χ0) is 15.5. The number of nitrogens with two attached hydrogens (primary N) is 1. The molecule has 2 aliphatic carbocycles. The van der Waals surface area contributed by atoms with Crippen molar-refractivity contribution in [2.45, 2.75) is 82.7 Å². The van der Waals surface area contributed by atoms with E-state index in [1.807, 2.05) is 0 Å². The van der Waals surface area contributed by atoms with E-state index in [1.165, 1.54) is 6.42 Å². The fraction of sp³-hybridized carbons (Fsp3) is 0.875. The third kappa shape index (κ3) is 3.76. The summed E-state index contributed by atoms with van der Waals surface area (Å²) in [5, 5.41) is 12.4. The summed E-state index contributed by atoms with van der Waals surface area (Å²) in [5.74, 6) is -0.897. The summed E-state index contributed by atoms with van der Waals surface area (Å²) in [5.41, 5.74) is 5.08. The lowest BCUT2D eigenvalue weighted by Crippen LogP contribution is -2.54. The van der Waals surface area contributed by atoms with Crippen LogP contribution < -0.4 is 11.1 Å². The summed E-state index contributed by atoms with van der Waals surface area (Å²) in [4.78, 5) is 23.9. The van der Waals surface area contributed by atoms with Crippen LogP contribution in [0.2, 0.25) is 0 Å². The van der Waals surface area contributed by atoms with Gasteiger partial charge in [0.15, 0.2) is 0 Å². The van der Waals surface area contributed by atoms with Gasteiger partial charge in [-0.25, -0.2) is 0 Å². The first-order valence-corrected chi connectivity index (χ1v) is 8.17. The van der Waals surface area contributed by atoms with Gasteiger partial charge in [-0.05, 0) is 32.6 Å². The van der Waals surface area contributed by atoms with Crippen LogP contribution in [0.25, 0.3) is 0 Å². The molecule has 2 saturated carbocycles. The van der Waals surface area contributed by atoms with E-state index in [2.05, 4.69) is 5.32 Å². The van der Waals surface area contributed by atoms with Gasteiger partial charge in [0.25, 0.3) is 0 Å². The second-order valence-electron chi connectivity index (χ2n) is 7.19. The molecule has 2 aliphatic rings. The van der Waals surface area contributed by atoms with E-state index in [0.29, 0.717) is 12.8 Å². The Balaban J connectivity index is 1.95. The van der Waals surface area contributed by atoms with Crippen LogP contribution in [0, 0.1) is 5.41 Å². The number of carbonyl (C=O) groups excluding carboxylic acids is 1. The van der Waals surface area contributed by atoms with Crippen molar-refractivity contribution in [1.29, 1.82) is 0 Å². The van der Waals surface area contributed by atoms with Gasteiger partial charge in [-0.1, -0.05) is 32.1 Å². The number of carboxylic acid groups (broad SMARTS) is 1. The van der Waals surface area contributed by atoms with E-state index in [1.54, 1.807) is 6.92 Å². The number of amides is 1. The van der Waals surface area contributed by atoms with E-state index in [9.17, 15) is 14.7 Å². The van der Waals surface area contributed by atoms with Gasteiger partial charge in [-0.15, -0.1) is 0 Å². The molecule has 0 saturated heterocycles. The summed E-state index contributed by atoms with van der Waals surface area (Å²) in [7, 11) is 0. The number of hydrogen-bond donors (Lipinski definition) is 3. The van der Waals surface area contributed by atoms with Crippen LogP contribution in [-0.2, 0) is 9.59 Å². The SMILES string of the molecule is CC1(C(=O)O)CCCCC1NC(=O)CC1(N)CCCCC1. The molecule has 0 aliphatic heterocycles. The van der Waals surface area contributed by atoms with E-state index < -0.39 is 16.9 Å². The molecule has 2 rings (SSSR count). The molecular formula is C16H28N2O3. The van der Waals surface area contributed by atoms with Crippen LogP contribution in [0.1, 0.15) is 71.1 Å². The van der Waals surface area contributed by atoms with Gasteiger partial charge >= 0.3 is 5.97 Å². The van der Waals surface area contributed by atoms with E-state index in [0.717, 1.165) is 44.9 Å². The Morgan fingerprint density at radius 2 is 1.76 bits per heavy atom. The van der Waals surface area contributed by atoms with Crippen LogP contribution in [0.15, 0.2) is 0 Å². The van der Waals surface area contributed by atoms with Gasteiger partial charge in [0.05, 0.1) is 5.41 Å². The number of hydrogen-bond acceptors (Lipinski definition) is 3. The van der Waals surface area contributed by atoms with Crippen LogP contribution >= 0.6 is 0 Å². The molecular weight excluding hydrogens is 268 g/mol. The zero-order valence-corrected chi connectivity index (χ0v) is 13.0. The Morgan fingerprint density at radius 1 is 1.14 bits per heavy atom. The standard InChI is InChI=1S/C16H28N2O3/c1-15(14(20)21)8-6-3-7-12(15)18-13(19)11-16(17)9-4-2-5-10-16/h12H,2-11,17H2,1H3,(H,18,19)(H,20,21). The molecule has 21 heavy (non-hydrogen) atoms. The Labute approximate surface area is 126 Å². The maximum absolute atomic E-state index is 12.3. The van der Waals surface area contributed by atoms with Gasteiger partial charge in [-0.3, -0.25) is 9.59 Å². The van der Waals surface area contributed by atoms with Crippen molar-refractivity contribution in [3.05, 3.63) is 0 Å². The molecule has 0 heterocycles. The Hall–Kier alpha value is -1.10. The largest absolute Gasteiger partial charge is 0.481 e. The molecule has 0 aromatic heterocycles. The monoisotopic (exact) mass is 296 g/mol. The second-order valence-corrected chi connectivity index (χ2v) is 7.19. The lowest BCUT2D eigenvalue weighted by Gasteiger charge is -2.39. The number of carboxylic acids is 1. The second kappa shape index (κ2) is 6.34. The maximum Gasteiger partial charge on any atom is 0.311 e. The summed E-state index contributed by atoms with van der Waals surface area (Å²) in [6.45, 7) is 1.75. The molecule has 120 valence electrons. The summed E-state index contributed by atoms with van der Waals surface area (Å²) in [6.07, 6.45) is 8.72. The zero-order valence-electron chi connectivity index (χ0n) is 13.0. The summed E-state index contributed by atoms with van der Waals surface area (Å²) in [6, 6.07) is -0.275. The van der Waals surface area contributed by atoms with Gasteiger partial charge in [0.2, 0.25) is 5.91 Å². The summed E-state index contributed by atoms with van der Waals surface area (Å²) >= 11 is 0. The fourth-order valence-electron chi connectivity index (χ4n) is 3.82. The first-order valence-electron chi connectivity index (χ1n) is 8.17. The smallest absolute Gasteiger partial charge is 0.311 e. The highest BCUT2D eigenvalue weighted by Gasteiger charge is 2.44. The number of aliphatic carboxylic acids is 1. The first kappa shape index (κ1) is 16.3. The average Bonchev–Trinajstić information content (AvgIpc) is 2.41. The van der Waals surface area contributed by atoms with Crippen molar-refractivity contribution in [1.82, 2.24) is 5.32 Å². The van der Waals surface area contributed by atoms with Gasteiger partial charge in [0.1, 0.15) is 0 Å². The van der Waals surface area contributed by atoms with Crippen LogP contribution in [-0.4, -0.2) is 28.6 Å². The van der Waals surface area contributed by atoms with Gasteiger partial charge < -0.3 is 16.2 Å².